The summed E-state index contributed by atoms with van der Waals surface area (Å²) in [5.41, 5.74) is 0.253. The Kier molecular flexibility index (Phi) is 2.41. The highest BCUT2D eigenvalue weighted by molar-refractivity contribution is 5.87. The minimum absolute atomic E-state index is 0.160. The maximum absolute atomic E-state index is 12.5. The molecule has 3 nitrogen and oxygen atoms in total. The zero-order valence-electron chi connectivity index (χ0n) is 8.12. The van der Waals surface area contributed by atoms with Crippen LogP contribution < -0.4 is 0 Å². The van der Waals surface area contributed by atoms with Crippen LogP contribution in [0, 0.1) is 5.41 Å². The Morgan fingerprint density at radius 2 is 2.19 bits per heavy atom. The maximum Gasteiger partial charge on any atom is 0.414 e. The molecule has 0 aromatic carbocycles. The molecule has 0 saturated carbocycles. The molecular weight excluding hydrogens is 219 g/mol. The Bertz CT molecular complexity index is 441. The van der Waals surface area contributed by atoms with E-state index in [1.54, 1.807) is 0 Å². The van der Waals surface area contributed by atoms with Crippen molar-refractivity contribution < 1.29 is 13.2 Å². The van der Waals surface area contributed by atoms with Gasteiger partial charge in [0, 0.05) is 12.4 Å². The van der Waals surface area contributed by atoms with Gasteiger partial charge in [0.1, 0.15) is 0 Å². The van der Waals surface area contributed by atoms with E-state index in [0.29, 0.717) is 11.4 Å². The average molecular weight is 227 g/mol. The van der Waals surface area contributed by atoms with Crippen molar-refractivity contribution in [2.45, 2.75) is 12.6 Å². The number of aliphatic imine (C=N–C) groups is 1. The standard InChI is InChI=1S/C10H8F3N3/c11-10(12,13)7-1-2-8-4-15-5-9(3-14)16(8)6-7/h2-6,14H,1H2. The Morgan fingerprint density at radius 1 is 1.44 bits per heavy atom. The van der Waals surface area contributed by atoms with Crippen molar-refractivity contribution in [1.82, 2.24) is 4.90 Å². The predicted molar refractivity (Wildman–Crippen MR) is 54.0 cm³/mol. The van der Waals surface area contributed by atoms with Crippen LogP contribution in [-0.2, 0) is 0 Å². The minimum atomic E-state index is -4.33. The van der Waals surface area contributed by atoms with Gasteiger partial charge in [0.15, 0.2) is 0 Å². The van der Waals surface area contributed by atoms with Gasteiger partial charge < -0.3 is 10.3 Å². The summed E-state index contributed by atoms with van der Waals surface area (Å²) in [6.07, 6.45) is 1.76. The first-order chi connectivity index (χ1) is 7.52. The van der Waals surface area contributed by atoms with E-state index in [0.717, 1.165) is 12.4 Å². The fourth-order valence-corrected chi connectivity index (χ4v) is 1.48. The second kappa shape index (κ2) is 3.62. The third-order valence-corrected chi connectivity index (χ3v) is 2.30. The molecule has 0 saturated heterocycles. The fourth-order valence-electron chi connectivity index (χ4n) is 1.48. The van der Waals surface area contributed by atoms with Gasteiger partial charge in [-0.15, -0.1) is 0 Å². The lowest BCUT2D eigenvalue weighted by Crippen LogP contribution is -2.26. The fraction of sp³-hybridized carbons (Fsp3) is 0.200. The molecule has 2 heterocycles. The van der Waals surface area contributed by atoms with Crippen molar-refractivity contribution in [2.75, 3.05) is 0 Å². The topological polar surface area (TPSA) is 39.5 Å². The van der Waals surface area contributed by atoms with E-state index in [1.807, 2.05) is 0 Å². The highest BCUT2D eigenvalue weighted by Gasteiger charge is 2.35. The van der Waals surface area contributed by atoms with E-state index in [4.69, 9.17) is 5.41 Å². The van der Waals surface area contributed by atoms with Crippen LogP contribution in [0.1, 0.15) is 6.42 Å². The number of allylic oxidation sites excluding steroid dienone is 4. The molecule has 2 aliphatic heterocycles. The van der Waals surface area contributed by atoms with E-state index in [-0.39, 0.29) is 6.42 Å². The van der Waals surface area contributed by atoms with E-state index in [1.165, 1.54) is 23.4 Å². The van der Waals surface area contributed by atoms with Gasteiger partial charge >= 0.3 is 6.18 Å². The first kappa shape index (κ1) is 10.7. The van der Waals surface area contributed by atoms with Crippen LogP contribution >= 0.6 is 0 Å². The number of rotatable bonds is 1. The molecule has 16 heavy (non-hydrogen) atoms. The molecule has 0 aromatic rings. The summed E-state index contributed by atoms with van der Waals surface area (Å²) in [7, 11) is 0. The van der Waals surface area contributed by atoms with Crippen LogP contribution in [0.3, 0.4) is 0 Å². The second-order valence-electron chi connectivity index (χ2n) is 3.33. The third-order valence-electron chi connectivity index (χ3n) is 2.30. The summed E-state index contributed by atoms with van der Waals surface area (Å²) in [6.45, 7) is 0. The average Bonchev–Trinajstić information content (AvgIpc) is 2.26. The molecule has 0 aliphatic carbocycles. The van der Waals surface area contributed by atoms with Crippen molar-refractivity contribution in [3.8, 4) is 0 Å². The number of nitrogens with zero attached hydrogens (tertiary/aromatic N) is 2. The summed E-state index contributed by atoms with van der Waals surface area (Å²) < 4.78 is 37.5. The highest BCUT2D eigenvalue weighted by atomic mass is 19.4. The molecule has 0 atom stereocenters. The van der Waals surface area contributed by atoms with E-state index in [2.05, 4.69) is 4.99 Å². The molecule has 2 rings (SSSR count). The van der Waals surface area contributed by atoms with E-state index < -0.39 is 11.7 Å². The molecule has 6 heteroatoms. The van der Waals surface area contributed by atoms with Gasteiger partial charge in [-0.3, -0.25) is 4.99 Å². The molecule has 0 bridgehead atoms. The summed E-state index contributed by atoms with van der Waals surface area (Å²) in [5, 5.41) is 7.10. The van der Waals surface area contributed by atoms with Crippen LogP contribution in [0.15, 0.2) is 40.4 Å². The van der Waals surface area contributed by atoms with Gasteiger partial charge in [-0.25, -0.2) is 0 Å². The molecule has 84 valence electrons. The van der Waals surface area contributed by atoms with Crippen molar-refractivity contribution in [3.63, 3.8) is 0 Å². The third kappa shape index (κ3) is 1.78. The molecular formula is C10H8F3N3. The van der Waals surface area contributed by atoms with Gasteiger partial charge in [0.25, 0.3) is 0 Å². The molecule has 1 N–H and O–H groups in total. The predicted octanol–water partition coefficient (Wildman–Crippen LogP) is 2.60. The Labute approximate surface area is 89.8 Å². The van der Waals surface area contributed by atoms with Crippen molar-refractivity contribution in [1.29, 1.82) is 5.41 Å². The minimum Gasteiger partial charge on any atom is -0.313 e. The maximum atomic E-state index is 12.5. The Balaban J connectivity index is 2.36. The molecule has 0 spiro atoms. The number of nitrogens with one attached hydrogen (secondary N) is 1. The Hall–Kier alpha value is -1.85. The summed E-state index contributed by atoms with van der Waals surface area (Å²) >= 11 is 0. The number of fused-ring (bicyclic) bond motifs is 1. The van der Waals surface area contributed by atoms with Crippen molar-refractivity contribution in [2.24, 2.45) is 4.99 Å². The van der Waals surface area contributed by atoms with Crippen LogP contribution in [0.2, 0.25) is 0 Å². The van der Waals surface area contributed by atoms with Crippen LogP contribution in [0.4, 0.5) is 13.2 Å². The second-order valence-corrected chi connectivity index (χ2v) is 3.33. The monoisotopic (exact) mass is 227 g/mol. The van der Waals surface area contributed by atoms with Crippen LogP contribution in [-0.4, -0.2) is 23.5 Å². The molecule has 0 unspecified atom stereocenters. The number of alkyl halides is 3. The lowest BCUT2D eigenvalue weighted by atomic mass is 10.1. The van der Waals surface area contributed by atoms with Gasteiger partial charge in [-0.2, -0.15) is 13.2 Å². The summed E-state index contributed by atoms with van der Waals surface area (Å²) in [4.78, 5) is 5.15. The lowest BCUT2D eigenvalue weighted by Gasteiger charge is -2.28. The van der Waals surface area contributed by atoms with Gasteiger partial charge in [0.2, 0.25) is 0 Å². The number of halogens is 3. The van der Waals surface area contributed by atoms with Crippen molar-refractivity contribution in [3.05, 3.63) is 35.4 Å². The molecule has 0 aromatic heterocycles. The first-order valence-corrected chi connectivity index (χ1v) is 4.53. The van der Waals surface area contributed by atoms with Crippen LogP contribution in [0.5, 0.6) is 0 Å². The molecule has 0 amide bonds. The van der Waals surface area contributed by atoms with Gasteiger partial charge in [-0.05, 0) is 6.42 Å². The molecule has 0 fully saturated rings. The van der Waals surface area contributed by atoms with E-state index in [9.17, 15) is 13.2 Å². The zero-order valence-corrected chi connectivity index (χ0v) is 8.12. The van der Waals surface area contributed by atoms with Crippen molar-refractivity contribution >= 4 is 12.4 Å². The van der Waals surface area contributed by atoms with Gasteiger partial charge in [-0.1, -0.05) is 6.08 Å². The summed E-state index contributed by atoms with van der Waals surface area (Å²) in [5.74, 6) is 0. The van der Waals surface area contributed by atoms with E-state index >= 15 is 0 Å². The van der Waals surface area contributed by atoms with Gasteiger partial charge in [0.05, 0.1) is 29.4 Å². The summed E-state index contributed by atoms with van der Waals surface area (Å²) in [6, 6.07) is 0. The quantitative estimate of drug-likeness (QED) is 0.687. The Morgan fingerprint density at radius 3 is 2.81 bits per heavy atom. The highest BCUT2D eigenvalue weighted by Crippen LogP contribution is 2.33. The molecule has 2 aliphatic rings. The number of hydrogen-bond acceptors (Lipinski definition) is 3. The smallest absolute Gasteiger partial charge is 0.313 e. The number of hydrogen-bond donors (Lipinski definition) is 1. The SMILES string of the molecule is N=CC1=CN=CC2=CCC(C(F)(F)F)=CN21. The normalized spacial score (nSPS) is 19.7. The largest absolute Gasteiger partial charge is 0.414 e. The molecule has 0 radical (unpaired) electrons. The lowest BCUT2D eigenvalue weighted by molar-refractivity contribution is -0.0940. The first-order valence-electron chi connectivity index (χ1n) is 4.53. The zero-order chi connectivity index (χ0) is 11.8. The van der Waals surface area contributed by atoms with Crippen LogP contribution in [0.25, 0.3) is 0 Å².